The van der Waals surface area contributed by atoms with Gasteiger partial charge in [-0.25, -0.2) is 8.78 Å². The van der Waals surface area contributed by atoms with Gasteiger partial charge in [-0.3, -0.25) is 4.79 Å². The first kappa shape index (κ1) is 13.1. The highest BCUT2D eigenvalue weighted by Gasteiger charge is 2.11. The molecule has 88 valence electrons. The van der Waals surface area contributed by atoms with Crippen molar-refractivity contribution in [2.24, 2.45) is 0 Å². The second-order valence-corrected chi connectivity index (χ2v) is 4.19. The van der Waals surface area contributed by atoms with E-state index in [4.69, 9.17) is 0 Å². The minimum atomic E-state index is -0.904. The van der Waals surface area contributed by atoms with E-state index in [1.54, 1.807) is 6.92 Å². The molecule has 1 aromatic rings. The lowest BCUT2D eigenvalue weighted by atomic mass is 10.1. The smallest absolute Gasteiger partial charge is 0.221 e. The number of nitrogens with one attached hydrogen (secondary N) is 1. The van der Waals surface area contributed by atoms with Crippen LogP contribution < -0.4 is 5.32 Å². The summed E-state index contributed by atoms with van der Waals surface area (Å²) < 4.78 is 25.6. The van der Waals surface area contributed by atoms with Crippen LogP contribution >= 0.6 is 15.9 Å². The maximum atomic E-state index is 12.9. The molecule has 0 spiro atoms. The molecule has 0 radical (unpaired) electrons. The Morgan fingerprint density at radius 2 is 2.12 bits per heavy atom. The summed E-state index contributed by atoms with van der Waals surface area (Å²) in [6.45, 7) is 1.72. The Balaban J connectivity index is 2.69. The molecule has 0 aliphatic rings. The second-order valence-electron chi connectivity index (χ2n) is 3.40. The van der Waals surface area contributed by atoms with Gasteiger partial charge in [0.25, 0.3) is 0 Å². The average molecular weight is 292 g/mol. The van der Waals surface area contributed by atoms with Crippen LogP contribution in [0.1, 0.15) is 24.9 Å². The van der Waals surface area contributed by atoms with Crippen LogP contribution in [0, 0.1) is 11.6 Å². The van der Waals surface area contributed by atoms with Gasteiger partial charge in [-0.2, -0.15) is 0 Å². The molecular formula is C11H12BrF2NO. The van der Waals surface area contributed by atoms with E-state index in [1.807, 2.05) is 0 Å². The van der Waals surface area contributed by atoms with E-state index in [0.29, 0.717) is 17.3 Å². The van der Waals surface area contributed by atoms with Crippen molar-refractivity contribution in [1.82, 2.24) is 5.32 Å². The van der Waals surface area contributed by atoms with Crippen molar-refractivity contribution in [3.05, 3.63) is 35.4 Å². The van der Waals surface area contributed by atoms with Crippen LogP contribution in [0.4, 0.5) is 8.78 Å². The lowest BCUT2D eigenvalue weighted by molar-refractivity contribution is -0.121. The van der Waals surface area contributed by atoms with Crippen LogP contribution in [0.3, 0.4) is 0 Å². The molecule has 2 nitrogen and oxygen atoms in total. The van der Waals surface area contributed by atoms with Crippen molar-refractivity contribution >= 4 is 21.8 Å². The third kappa shape index (κ3) is 3.56. The Hall–Kier alpha value is -0.970. The number of hydrogen-bond donors (Lipinski definition) is 1. The molecule has 1 unspecified atom stereocenters. The molecule has 0 fully saturated rings. The van der Waals surface area contributed by atoms with Crippen molar-refractivity contribution in [2.45, 2.75) is 19.4 Å². The summed E-state index contributed by atoms with van der Waals surface area (Å²) in [6, 6.07) is 3.27. The van der Waals surface area contributed by atoms with Crippen LogP contribution in [0.2, 0.25) is 0 Å². The van der Waals surface area contributed by atoms with E-state index >= 15 is 0 Å². The van der Waals surface area contributed by atoms with Gasteiger partial charge in [-0.05, 0) is 24.6 Å². The lowest BCUT2D eigenvalue weighted by Gasteiger charge is -2.14. The van der Waals surface area contributed by atoms with Crippen molar-refractivity contribution in [3.63, 3.8) is 0 Å². The minimum Gasteiger partial charge on any atom is -0.350 e. The zero-order valence-electron chi connectivity index (χ0n) is 8.77. The highest BCUT2D eigenvalue weighted by atomic mass is 79.9. The molecule has 0 aliphatic heterocycles. The van der Waals surface area contributed by atoms with Gasteiger partial charge < -0.3 is 5.32 Å². The highest BCUT2D eigenvalue weighted by Crippen LogP contribution is 2.15. The summed E-state index contributed by atoms with van der Waals surface area (Å²) in [4.78, 5) is 11.3. The third-order valence-corrected chi connectivity index (χ3v) is 2.54. The molecule has 1 amide bonds. The summed E-state index contributed by atoms with van der Waals surface area (Å²) in [7, 11) is 0. The zero-order chi connectivity index (χ0) is 12.1. The topological polar surface area (TPSA) is 29.1 Å². The SMILES string of the molecule is CC(NC(=O)CCBr)c1ccc(F)c(F)c1. The number of hydrogen-bond acceptors (Lipinski definition) is 1. The number of alkyl halides is 1. The first-order chi connectivity index (χ1) is 7.54. The molecule has 0 saturated carbocycles. The molecule has 5 heteroatoms. The molecule has 1 aromatic carbocycles. The Kier molecular flexibility index (Phi) is 4.86. The summed E-state index contributed by atoms with van der Waals surface area (Å²) in [6.07, 6.45) is 0.355. The molecule has 0 bridgehead atoms. The van der Waals surface area contributed by atoms with Crippen LogP contribution in [0.15, 0.2) is 18.2 Å². The maximum absolute atomic E-state index is 12.9. The number of carbonyl (C=O) groups is 1. The van der Waals surface area contributed by atoms with E-state index in [0.717, 1.165) is 12.1 Å². The molecule has 0 aliphatic carbocycles. The van der Waals surface area contributed by atoms with E-state index in [1.165, 1.54) is 6.07 Å². The molecule has 0 aromatic heterocycles. The van der Waals surface area contributed by atoms with Crippen LogP contribution in [-0.2, 0) is 4.79 Å². The van der Waals surface area contributed by atoms with Gasteiger partial charge in [-0.15, -0.1) is 0 Å². The van der Waals surface area contributed by atoms with Gasteiger partial charge in [0.2, 0.25) is 5.91 Å². The van der Waals surface area contributed by atoms with Crippen molar-refractivity contribution in [1.29, 1.82) is 0 Å². The van der Waals surface area contributed by atoms with Gasteiger partial charge in [-0.1, -0.05) is 22.0 Å². The summed E-state index contributed by atoms with van der Waals surface area (Å²) in [5, 5.41) is 3.26. The fraction of sp³-hybridized carbons (Fsp3) is 0.364. The number of benzene rings is 1. The summed E-state index contributed by atoms with van der Waals surface area (Å²) in [5.41, 5.74) is 0.543. The van der Waals surface area contributed by atoms with Gasteiger partial charge in [0.15, 0.2) is 11.6 Å². The van der Waals surface area contributed by atoms with Crippen molar-refractivity contribution in [3.8, 4) is 0 Å². The van der Waals surface area contributed by atoms with E-state index < -0.39 is 11.6 Å². The van der Waals surface area contributed by atoms with Gasteiger partial charge in [0.05, 0.1) is 6.04 Å². The fourth-order valence-corrected chi connectivity index (χ4v) is 1.62. The first-order valence-corrected chi connectivity index (χ1v) is 5.97. The second kappa shape index (κ2) is 5.94. The Bertz CT molecular complexity index is 384. The molecule has 0 saturated heterocycles. The number of amides is 1. The monoisotopic (exact) mass is 291 g/mol. The number of carbonyl (C=O) groups excluding carboxylic acids is 1. The number of rotatable bonds is 4. The first-order valence-electron chi connectivity index (χ1n) is 4.85. The van der Waals surface area contributed by atoms with E-state index in [9.17, 15) is 13.6 Å². The third-order valence-electron chi connectivity index (χ3n) is 2.14. The molecule has 0 heterocycles. The van der Waals surface area contributed by atoms with Gasteiger partial charge >= 0.3 is 0 Å². The highest BCUT2D eigenvalue weighted by molar-refractivity contribution is 9.09. The Morgan fingerprint density at radius 1 is 1.44 bits per heavy atom. The van der Waals surface area contributed by atoms with Crippen molar-refractivity contribution < 1.29 is 13.6 Å². The summed E-state index contributed by atoms with van der Waals surface area (Å²) in [5.74, 6) is -1.92. The van der Waals surface area contributed by atoms with Crippen LogP contribution in [-0.4, -0.2) is 11.2 Å². The zero-order valence-corrected chi connectivity index (χ0v) is 10.4. The van der Waals surface area contributed by atoms with E-state index in [-0.39, 0.29) is 11.9 Å². The largest absolute Gasteiger partial charge is 0.350 e. The van der Waals surface area contributed by atoms with Gasteiger partial charge in [0.1, 0.15) is 0 Å². The molecule has 16 heavy (non-hydrogen) atoms. The Labute approximate surface area is 101 Å². The molecular weight excluding hydrogens is 280 g/mol. The fourth-order valence-electron chi connectivity index (χ4n) is 1.26. The quantitative estimate of drug-likeness (QED) is 0.849. The van der Waals surface area contributed by atoms with Crippen LogP contribution in [0.25, 0.3) is 0 Å². The maximum Gasteiger partial charge on any atom is 0.221 e. The number of halogens is 3. The predicted octanol–water partition coefficient (Wildman–Crippen LogP) is 2.93. The van der Waals surface area contributed by atoms with Crippen LogP contribution in [0.5, 0.6) is 0 Å². The molecule has 1 rings (SSSR count). The van der Waals surface area contributed by atoms with Gasteiger partial charge in [0, 0.05) is 11.8 Å². The normalized spacial score (nSPS) is 12.2. The lowest BCUT2D eigenvalue weighted by Crippen LogP contribution is -2.26. The standard InChI is InChI=1S/C11H12BrF2NO/c1-7(15-11(16)4-5-12)8-2-3-9(13)10(14)6-8/h2-3,6-7H,4-5H2,1H3,(H,15,16). The molecule has 1 atom stereocenters. The Morgan fingerprint density at radius 3 is 2.69 bits per heavy atom. The average Bonchev–Trinajstić information content (AvgIpc) is 2.22. The van der Waals surface area contributed by atoms with E-state index in [2.05, 4.69) is 21.2 Å². The van der Waals surface area contributed by atoms with Crippen molar-refractivity contribution in [2.75, 3.05) is 5.33 Å². The predicted molar refractivity (Wildman–Crippen MR) is 61.3 cm³/mol. The summed E-state index contributed by atoms with van der Waals surface area (Å²) >= 11 is 3.15. The molecule has 1 N–H and O–H groups in total. The minimum absolute atomic E-state index is 0.130.